The zero-order chi connectivity index (χ0) is 10.5. The largest absolute Gasteiger partial charge is 0.326 e. The summed E-state index contributed by atoms with van der Waals surface area (Å²) in [5, 5.41) is 3.56. The molecule has 82 valence electrons. The highest BCUT2D eigenvalue weighted by molar-refractivity contribution is 5.14. The molecule has 0 radical (unpaired) electrons. The van der Waals surface area contributed by atoms with Crippen LogP contribution in [0.3, 0.4) is 0 Å². The SMILES string of the molecule is N[C@H]1CCCC[C@@H]1NCc1ccccc1. The summed E-state index contributed by atoms with van der Waals surface area (Å²) in [5.74, 6) is 0. The van der Waals surface area contributed by atoms with Gasteiger partial charge in [0.15, 0.2) is 0 Å². The van der Waals surface area contributed by atoms with E-state index in [-0.39, 0.29) is 0 Å². The molecular formula is C13H20N2. The zero-order valence-electron chi connectivity index (χ0n) is 9.15. The third-order valence-electron chi connectivity index (χ3n) is 3.23. The van der Waals surface area contributed by atoms with Gasteiger partial charge in [0.05, 0.1) is 0 Å². The second-order valence-corrected chi connectivity index (χ2v) is 4.42. The van der Waals surface area contributed by atoms with E-state index in [1.807, 2.05) is 0 Å². The molecule has 1 aliphatic rings. The average molecular weight is 204 g/mol. The van der Waals surface area contributed by atoms with Gasteiger partial charge >= 0.3 is 0 Å². The van der Waals surface area contributed by atoms with Crippen molar-refractivity contribution in [3.63, 3.8) is 0 Å². The minimum Gasteiger partial charge on any atom is -0.326 e. The second kappa shape index (κ2) is 5.29. The summed E-state index contributed by atoms with van der Waals surface area (Å²) in [5.41, 5.74) is 7.42. The molecule has 0 spiro atoms. The number of benzene rings is 1. The van der Waals surface area contributed by atoms with Crippen LogP contribution in [0.15, 0.2) is 30.3 Å². The number of rotatable bonds is 3. The van der Waals surface area contributed by atoms with Crippen LogP contribution in [0.2, 0.25) is 0 Å². The lowest BCUT2D eigenvalue weighted by Gasteiger charge is -2.29. The number of nitrogens with two attached hydrogens (primary N) is 1. The Bertz CT molecular complexity index is 284. The molecule has 0 amide bonds. The van der Waals surface area contributed by atoms with E-state index < -0.39 is 0 Å². The molecule has 3 N–H and O–H groups in total. The maximum atomic E-state index is 6.08. The summed E-state index contributed by atoms with van der Waals surface area (Å²) >= 11 is 0. The van der Waals surface area contributed by atoms with Gasteiger partial charge in [-0.2, -0.15) is 0 Å². The predicted octanol–water partition coefficient (Wildman–Crippen LogP) is 2.05. The zero-order valence-corrected chi connectivity index (χ0v) is 9.15. The van der Waals surface area contributed by atoms with Crippen LogP contribution in [0.25, 0.3) is 0 Å². The Labute approximate surface area is 91.9 Å². The van der Waals surface area contributed by atoms with E-state index in [0.717, 1.165) is 6.54 Å². The van der Waals surface area contributed by atoms with Crippen molar-refractivity contribution in [3.8, 4) is 0 Å². The topological polar surface area (TPSA) is 38.0 Å². The van der Waals surface area contributed by atoms with E-state index in [9.17, 15) is 0 Å². The lowest BCUT2D eigenvalue weighted by Crippen LogP contribution is -2.46. The van der Waals surface area contributed by atoms with Crippen LogP contribution in [0, 0.1) is 0 Å². The molecular weight excluding hydrogens is 184 g/mol. The Kier molecular flexibility index (Phi) is 3.75. The number of hydrogen-bond donors (Lipinski definition) is 2. The summed E-state index contributed by atoms with van der Waals surface area (Å²) in [6, 6.07) is 11.4. The molecule has 0 heterocycles. The third-order valence-corrected chi connectivity index (χ3v) is 3.23. The molecule has 2 nitrogen and oxygen atoms in total. The van der Waals surface area contributed by atoms with Crippen molar-refractivity contribution in [1.82, 2.24) is 5.32 Å². The van der Waals surface area contributed by atoms with Gasteiger partial charge in [-0.25, -0.2) is 0 Å². The Morgan fingerprint density at radius 2 is 1.87 bits per heavy atom. The van der Waals surface area contributed by atoms with Crippen molar-refractivity contribution < 1.29 is 0 Å². The minimum atomic E-state index is 0.350. The molecule has 0 bridgehead atoms. The first-order valence-electron chi connectivity index (χ1n) is 5.89. The Hall–Kier alpha value is -0.860. The lowest BCUT2D eigenvalue weighted by molar-refractivity contribution is 0.326. The summed E-state index contributed by atoms with van der Waals surface area (Å²) in [6.45, 7) is 0.944. The van der Waals surface area contributed by atoms with E-state index in [1.165, 1.54) is 31.2 Å². The fourth-order valence-corrected chi connectivity index (χ4v) is 2.26. The molecule has 0 unspecified atom stereocenters. The Balaban J connectivity index is 1.82. The molecule has 1 fully saturated rings. The molecule has 1 aromatic rings. The number of hydrogen-bond acceptors (Lipinski definition) is 2. The Morgan fingerprint density at radius 1 is 1.13 bits per heavy atom. The van der Waals surface area contributed by atoms with Crippen LogP contribution >= 0.6 is 0 Å². The van der Waals surface area contributed by atoms with Crippen LogP contribution in [0.4, 0.5) is 0 Å². The van der Waals surface area contributed by atoms with Crippen LogP contribution in [0.1, 0.15) is 31.2 Å². The molecule has 1 saturated carbocycles. The van der Waals surface area contributed by atoms with Gasteiger partial charge in [0, 0.05) is 18.6 Å². The average Bonchev–Trinajstić information content (AvgIpc) is 2.29. The first kappa shape index (κ1) is 10.7. The van der Waals surface area contributed by atoms with Gasteiger partial charge in [-0.3, -0.25) is 0 Å². The fraction of sp³-hybridized carbons (Fsp3) is 0.538. The smallest absolute Gasteiger partial charge is 0.0222 e. The lowest BCUT2D eigenvalue weighted by atomic mass is 9.91. The molecule has 15 heavy (non-hydrogen) atoms. The van der Waals surface area contributed by atoms with Gasteiger partial charge in [-0.15, -0.1) is 0 Å². The van der Waals surface area contributed by atoms with E-state index in [4.69, 9.17) is 5.73 Å². The van der Waals surface area contributed by atoms with E-state index in [1.54, 1.807) is 0 Å². The maximum absolute atomic E-state index is 6.08. The van der Waals surface area contributed by atoms with Gasteiger partial charge in [0.25, 0.3) is 0 Å². The third kappa shape index (κ3) is 3.05. The van der Waals surface area contributed by atoms with Crippen LogP contribution in [-0.2, 0) is 6.54 Å². The van der Waals surface area contributed by atoms with Crippen molar-refractivity contribution in [1.29, 1.82) is 0 Å². The second-order valence-electron chi connectivity index (χ2n) is 4.42. The van der Waals surface area contributed by atoms with E-state index in [0.29, 0.717) is 12.1 Å². The van der Waals surface area contributed by atoms with Crippen LogP contribution < -0.4 is 11.1 Å². The highest BCUT2D eigenvalue weighted by atomic mass is 15.0. The molecule has 0 aliphatic heterocycles. The summed E-state index contributed by atoms with van der Waals surface area (Å²) in [4.78, 5) is 0. The molecule has 0 saturated heterocycles. The Morgan fingerprint density at radius 3 is 2.60 bits per heavy atom. The van der Waals surface area contributed by atoms with Gasteiger partial charge in [-0.1, -0.05) is 43.2 Å². The fourth-order valence-electron chi connectivity index (χ4n) is 2.26. The summed E-state index contributed by atoms with van der Waals surface area (Å²) in [6.07, 6.45) is 5.02. The first-order chi connectivity index (χ1) is 7.36. The van der Waals surface area contributed by atoms with Gasteiger partial charge < -0.3 is 11.1 Å². The van der Waals surface area contributed by atoms with Crippen LogP contribution in [-0.4, -0.2) is 12.1 Å². The molecule has 2 atom stereocenters. The maximum Gasteiger partial charge on any atom is 0.0222 e. The monoisotopic (exact) mass is 204 g/mol. The quantitative estimate of drug-likeness (QED) is 0.790. The standard InChI is InChI=1S/C13H20N2/c14-12-8-4-5-9-13(12)15-10-11-6-2-1-3-7-11/h1-3,6-7,12-13,15H,4-5,8-10,14H2/t12-,13-/m0/s1. The molecule has 0 aromatic heterocycles. The molecule has 2 rings (SSSR count). The van der Waals surface area contributed by atoms with Gasteiger partial charge in [0.2, 0.25) is 0 Å². The summed E-state index contributed by atoms with van der Waals surface area (Å²) < 4.78 is 0. The van der Waals surface area contributed by atoms with Crippen molar-refractivity contribution in [3.05, 3.63) is 35.9 Å². The highest BCUT2D eigenvalue weighted by Gasteiger charge is 2.20. The first-order valence-corrected chi connectivity index (χ1v) is 5.89. The van der Waals surface area contributed by atoms with E-state index in [2.05, 4.69) is 35.6 Å². The summed E-state index contributed by atoms with van der Waals surface area (Å²) in [7, 11) is 0. The molecule has 2 heteroatoms. The van der Waals surface area contributed by atoms with Gasteiger partial charge in [-0.05, 0) is 18.4 Å². The van der Waals surface area contributed by atoms with Crippen LogP contribution in [0.5, 0.6) is 0 Å². The highest BCUT2D eigenvalue weighted by Crippen LogP contribution is 2.17. The van der Waals surface area contributed by atoms with Gasteiger partial charge in [0.1, 0.15) is 0 Å². The van der Waals surface area contributed by atoms with Crippen molar-refractivity contribution >= 4 is 0 Å². The predicted molar refractivity (Wildman–Crippen MR) is 63.5 cm³/mol. The van der Waals surface area contributed by atoms with Crippen molar-refractivity contribution in [2.75, 3.05) is 0 Å². The normalized spacial score (nSPS) is 26.5. The molecule has 1 aromatic carbocycles. The molecule has 1 aliphatic carbocycles. The van der Waals surface area contributed by atoms with Crippen molar-refractivity contribution in [2.45, 2.75) is 44.3 Å². The number of nitrogens with one attached hydrogen (secondary N) is 1. The van der Waals surface area contributed by atoms with Crippen molar-refractivity contribution in [2.24, 2.45) is 5.73 Å². The van der Waals surface area contributed by atoms with E-state index >= 15 is 0 Å². The minimum absolute atomic E-state index is 0.350.